The third kappa shape index (κ3) is 3.30. The molecule has 0 aromatic heterocycles. The van der Waals surface area contributed by atoms with Gasteiger partial charge in [0.05, 0.1) is 11.0 Å². The van der Waals surface area contributed by atoms with Crippen LogP contribution in [-0.4, -0.2) is 4.92 Å². The molecule has 0 atom stereocenters. The number of hydrogen-bond donors (Lipinski definition) is 0. The number of benzene rings is 2. The quantitative estimate of drug-likeness (QED) is 0.617. The van der Waals surface area contributed by atoms with Crippen LogP contribution in [0.1, 0.15) is 5.56 Å². The van der Waals surface area contributed by atoms with Gasteiger partial charge in [0.2, 0.25) is 0 Å². The van der Waals surface area contributed by atoms with Crippen LogP contribution >= 0.6 is 15.9 Å². The lowest BCUT2D eigenvalue weighted by Crippen LogP contribution is -2.00. The van der Waals surface area contributed by atoms with Crippen molar-refractivity contribution in [1.82, 2.24) is 0 Å². The maximum Gasteiger partial charge on any atom is 0.272 e. The fourth-order valence-corrected chi connectivity index (χ4v) is 1.94. The first kappa shape index (κ1) is 14.4. The maximum atomic E-state index is 13.6. The monoisotopic (exact) mass is 343 g/mol. The number of halogens is 3. The first-order chi connectivity index (χ1) is 9.47. The van der Waals surface area contributed by atoms with Gasteiger partial charge >= 0.3 is 0 Å². The van der Waals surface area contributed by atoms with Gasteiger partial charge in [-0.1, -0.05) is 15.9 Å². The Morgan fingerprint density at radius 3 is 2.55 bits per heavy atom. The second-order valence-electron chi connectivity index (χ2n) is 3.90. The lowest BCUT2D eigenvalue weighted by molar-refractivity contribution is -0.385. The summed E-state index contributed by atoms with van der Waals surface area (Å²) < 4.78 is 32.8. The smallest absolute Gasteiger partial charge is 0.272 e. The van der Waals surface area contributed by atoms with Gasteiger partial charge in [0, 0.05) is 16.1 Å². The Labute approximate surface area is 121 Å². The summed E-state index contributed by atoms with van der Waals surface area (Å²) in [5.41, 5.74) is -0.124. The third-order valence-electron chi connectivity index (χ3n) is 2.52. The van der Waals surface area contributed by atoms with E-state index in [2.05, 4.69) is 15.9 Å². The molecule has 2 aromatic carbocycles. The summed E-state index contributed by atoms with van der Waals surface area (Å²) in [5.74, 6) is -1.51. The van der Waals surface area contributed by atoms with Gasteiger partial charge in [-0.2, -0.15) is 0 Å². The normalized spacial score (nSPS) is 10.3. The van der Waals surface area contributed by atoms with E-state index in [1.807, 2.05) is 0 Å². The summed E-state index contributed by atoms with van der Waals surface area (Å²) in [6.45, 7) is -0.181. The minimum Gasteiger partial charge on any atom is -0.486 e. The molecule has 0 N–H and O–H groups in total. The highest BCUT2D eigenvalue weighted by molar-refractivity contribution is 9.10. The van der Waals surface area contributed by atoms with E-state index in [1.165, 1.54) is 18.2 Å². The largest absolute Gasteiger partial charge is 0.486 e. The minimum absolute atomic E-state index is 0.171. The van der Waals surface area contributed by atoms with Gasteiger partial charge < -0.3 is 4.74 Å². The lowest BCUT2D eigenvalue weighted by Gasteiger charge is -2.08. The zero-order valence-electron chi connectivity index (χ0n) is 9.98. The van der Waals surface area contributed by atoms with Crippen LogP contribution in [0.4, 0.5) is 14.5 Å². The molecule has 0 saturated heterocycles. The molecule has 2 aromatic rings. The van der Waals surface area contributed by atoms with Crippen molar-refractivity contribution >= 4 is 21.6 Å². The van der Waals surface area contributed by atoms with E-state index >= 15 is 0 Å². The molecule has 0 fully saturated rings. The second-order valence-corrected chi connectivity index (χ2v) is 4.81. The Kier molecular flexibility index (Phi) is 4.29. The van der Waals surface area contributed by atoms with Crippen molar-refractivity contribution in [3.63, 3.8) is 0 Å². The Bertz CT molecular complexity index is 664. The minimum atomic E-state index is -0.866. The second kappa shape index (κ2) is 5.96. The molecule has 0 amide bonds. The lowest BCUT2D eigenvalue weighted by atomic mass is 10.2. The van der Waals surface area contributed by atoms with Crippen LogP contribution < -0.4 is 4.74 Å². The van der Waals surface area contributed by atoms with E-state index in [9.17, 15) is 18.9 Å². The van der Waals surface area contributed by atoms with Gasteiger partial charge in [-0.15, -0.1) is 0 Å². The first-order valence-electron chi connectivity index (χ1n) is 5.48. The van der Waals surface area contributed by atoms with Gasteiger partial charge in [-0.3, -0.25) is 10.1 Å². The highest BCUT2D eigenvalue weighted by atomic mass is 79.9. The molecule has 0 aliphatic rings. The molecule has 0 radical (unpaired) electrons. The van der Waals surface area contributed by atoms with E-state index in [1.54, 1.807) is 0 Å². The first-order valence-corrected chi connectivity index (χ1v) is 6.27. The van der Waals surface area contributed by atoms with E-state index in [-0.39, 0.29) is 23.6 Å². The zero-order chi connectivity index (χ0) is 14.7. The van der Waals surface area contributed by atoms with E-state index < -0.39 is 16.6 Å². The van der Waals surface area contributed by atoms with Crippen molar-refractivity contribution in [3.8, 4) is 5.75 Å². The fourth-order valence-electron chi connectivity index (χ4n) is 1.53. The van der Waals surface area contributed by atoms with Crippen molar-refractivity contribution in [2.75, 3.05) is 0 Å². The predicted octanol–water partition coefficient (Wildman–Crippen LogP) is 4.21. The molecule has 0 heterocycles. The van der Waals surface area contributed by atoms with Crippen LogP contribution in [0.2, 0.25) is 0 Å². The summed E-state index contributed by atoms with van der Waals surface area (Å²) in [6, 6.07) is 7.32. The number of rotatable bonds is 4. The highest BCUT2D eigenvalue weighted by Crippen LogP contribution is 2.24. The molecule has 4 nitrogen and oxygen atoms in total. The van der Waals surface area contributed by atoms with Gasteiger partial charge in [0.25, 0.3) is 5.69 Å². The van der Waals surface area contributed by atoms with Crippen LogP contribution in [0, 0.1) is 21.7 Å². The standard InChI is InChI=1S/C13H8BrF2NO3/c14-9-1-3-11(15)8(5-9)7-20-13-4-2-10(17(18)19)6-12(13)16/h1-6H,7H2. The van der Waals surface area contributed by atoms with E-state index in [0.29, 0.717) is 4.47 Å². The van der Waals surface area contributed by atoms with Crippen LogP contribution in [0.25, 0.3) is 0 Å². The Balaban J connectivity index is 2.15. The maximum absolute atomic E-state index is 13.6. The molecule has 7 heteroatoms. The van der Waals surface area contributed by atoms with Gasteiger partial charge in [-0.05, 0) is 24.3 Å². The number of nitro benzene ring substituents is 1. The molecule has 0 saturated carbocycles. The van der Waals surface area contributed by atoms with Crippen LogP contribution in [0.3, 0.4) is 0 Å². The summed E-state index contributed by atoms with van der Waals surface area (Å²) >= 11 is 3.19. The average molecular weight is 344 g/mol. The Morgan fingerprint density at radius 2 is 1.90 bits per heavy atom. The average Bonchev–Trinajstić information content (AvgIpc) is 2.40. The SMILES string of the molecule is O=[N+]([O-])c1ccc(OCc2cc(Br)ccc2F)c(F)c1. The molecule has 0 aliphatic carbocycles. The Morgan fingerprint density at radius 1 is 1.15 bits per heavy atom. The summed E-state index contributed by atoms with van der Waals surface area (Å²) in [6.07, 6.45) is 0. The number of hydrogen-bond acceptors (Lipinski definition) is 3. The molecule has 0 bridgehead atoms. The van der Waals surface area contributed by atoms with Crippen molar-refractivity contribution in [2.45, 2.75) is 6.61 Å². The van der Waals surface area contributed by atoms with Crippen LogP contribution in [-0.2, 0) is 6.61 Å². The molecule has 0 unspecified atom stereocenters. The molecule has 104 valence electrons. The van der Waals surface area contributed by atoms with Crippen LogP contribution in [0.5, 0.6) is 5.75 Å². The van der Waals surface area contributed by atoms with Gasteiger partial charge in [0.15, 0.2) is 11.6 Å². The number of nitro groups is 1. The van der Waals surface area contributed by atoms with Crippen molar-refractivity contribution < 1.29 is 18.4 Å². The zero-order valence-corrected chi connectivity index (χ0v) is 11.6. The summed E-state index contributed by atoms with van der Waals surface area (Å²) in [7, 11) is 0. The van der Waals surface area contributed by atoms with Gasteiger partial charge in [0.1, 0.15) is 12.4 Å². The highest BCUT2D eigenvalue weighted by Gasteiger charge is 2.12. The van der Waals surface area contributed by atoms with Crippen molar-refractivity contribution in [2.24, 2.45) is 0 Å². The molecule has 0 spiro atoms. The van der Waals surface area contributed by atoms with E-state index in [4.69, 9.17) is 4.74 Å². The molecular weight excluding hydrogens is 336 g/mol. The van der Waals surface area contributed by atoms with Crippen molar-refractivity contribution in [3.05, 3.63) is 68.2 Å². The van der Waals surface area contributed by atoms with E-state index in [0.717, 1.165) is 18.2 Å². The molecular formula is C13H8BrF2NO3. The summed E-state index contributed by atoms with van der Waals surface area (Å²) in [4.78, 5) is 9.76. The number of nitrogens with zero attached hydrogens (tertiary/aromatic N) is 1. The Hall–Kier alpha value is -2.02. The predicted molar refractivity (Wildman–Crippen MR) is 71.5 cm³/mol. The number of non-ortho nitro benzene ring substituents is 1. The number of ether oxygens (including phenoxy) is 1. The summed E-state index contributed by atoms with van der Waals surface area (Å²) in [5, 5.41) is 10.5. The van der Waals surface area contributed by atoms with Crippen LogP contribution in [0.15, 0.2) is 40.9 Å². The molecule has 0 aliphatic heterocycles. The van der Waals surface area contributed by atoms with Gasteiger partial charge in [-0.25, -0.2) is 8.78 Å². The molecule has 2 rings (SSSR count). The molecule has 20 heavy (non-hydrogen) atoms. The fraction of sp³-hybridized carbons (Fsp3) is 0.0769. The topological polar surface area (TPSA) is 52.4 Å². The third-order valence-corrected chi connectivity index (χ3v) is 3.01. The van der Waals surface area contributed by atoms with Crippen molar-refractivity contribution in [1.29, 1.82) is 0 Å².